The van der Waals surface area contributed by atoms with Crippen molar-refractivity contribution in [1.29, 1.82) is 0 Å². The summed E-state index contributed by atoms with van der Waals surface area (Å²) in [6, 6.07) is 18.4. The van der Waals surface area contributed by atoms with E-state index in [-0.39, 0.29) is 4.90 Å². The molecule has 0 fully saturated rings. The third-order valence-electron chi connectivity index (χ3n) is 4.87. The maximum atomic E-state index is 13.5. The average molecular weight is 455 g/mol. The monoisotopic (exact) mass is 454 g/mol. The number of methoxy groups -OCH3 is 2. The third-order valence-corrected chi connectivity index (χ3v) is 6.65. The van der Waals surface area contributed by atoms with Gasteiger partial charge in [0.2, 0.25) is 5.91 Å². The smallest absolute Gasteiger partial charge is 0.264 e. The molecule has 0 aromatic heterocycles. The van der Waals surface area contributed by atoms with E-state index in [9.17, 15) is 13.2 Å². The minimum atomic E-state index is -4.02. The van der Waals surface area contributed by atoms with E-state index in [0.717, 1.165) is 15.4 Å². The number of carbonyl (C=O) groups is 1. The van der Waals surface area contributed by atoms with E-state index in [0.29, 0.717) is 22.9 Å². The largest absolute Gasteiger partial charge is 0.497 e. The van der Waals surface area contributed by atoms with Gasteiger partial charge in [-0.05, 0) is 55.8 Å². The van der Waals surface area contributed by atoms with Crippen molar-refractivity contribution in [1.82, 2.24) is 0 Å². The summed E-state index contributed by atoms with van der Waals surface area (Å²) in [6.07, 6.45) is 0. The summed E-state index contributed by atoms with van der Waals surface area (Å²) in [5.74, 6) is 0.457. The standard InChI is InChI=1S/C24H26N2O5S/c1-17-8-11-21(12-9-17)32(28,29)26(19-6-5-7-20(15-19)30-3)16-24(27)25-22-14-18(2)10-13-23(22)31-4/h5-15H,16H2,1-4H3,(H,25,27). The summed E-state index contributed by atoms with van der Waals surface area (Å²) in [5, 5.41) is 2.76. The van der Waals surface area contributed by atoms with Gasteiger partial charge < -0.3 is 14.8 Å². The molecule has 7 nitrogen and oxygen atoms in total. The minimum absolute atomic E-state index is 0.0897. The number of nitrogens with zero attached hydrogens (tertiary/aromatic N) is 1. The van der Waals surface area contributed by atoms with E-state index < -0.39 is 22.5 Å². The molecule has 3 aromatic carbocycles. The first-order valence-corrected chi connectivity index (χ1v) is 11.4. The van der Waals surface area contributed by atoms with Crippen LogP contribution in [-0.4, -0.2) is 35.1 Å². The molecule has 3 aromatic rings. The maximum Gasteiger partial charge on any atom is 0.264 e. The van der Waals surface area contributed by atoms with Crippen molar-refractivity contribution >= 4 is 27.3 Å². The maximum absolute atomic E-state index is 13.5. The SMILES string of the molecule is COc1cccc(N(CC(=O)Nc2cc(C)ccc2OC)S(=O)(=O)c2ccc(C)cc2)c1. The van der Waals surface area contributed by atoms with Crippen LogP contribution in [0.2, 0.25) is 0 Å². The van der Waals surface area contributed by atoms with Crippen molar-refractivity contribution in [3.63, 3.8) is 0 Å². The highest BCUT2D eigenvalue weighted by molar-refractivity contribution is 7.92. The van der Waals surface area contributed by atoms with E-state index in [1.165, 1.54) is 26.4 Å². The summed E-state index contributed by atoms with van der Waals surface area (Å²) in [6.45, 7) is 3.33. The Morgan fingerprint density at radius 3 is 2.25 bits per heavy atom. The zero-order valence-electron chi connectivity index (χ0n) is 18.5. The molecule has 3 rings (SSSR count). The van der Waals surface area contributed by atoms with Crippen molar-refractivity contribution in [2.75, 3.05) is 30.4 Å². The molecule has 0 aliphatic heterocycles. The zero-order valence-corrected chi connectivity index (χ0v) is 19.3. The fourth-order valence-electron chi connectivity index (χ4n) is 3.16. The third kappa shape index (κ3) is 5.20. The van der Waals surface area contributed by atoms with Crippen molar-refractivity contribution in [3.05, 3.63) is 77.9 Å². The van der Waals surface area contributed by atoms with Gasteiger partial charge in [-0.25, -0.2) is 8.42 Å². The quantitative estimate of drug-likeness (QED) is 0.553. The van der Waals surface area contributed by atoms with E-state index >= 15 is 0 Å². The predicted octanol–water partition coefficient (Wildman–Crippen LogP) is 4.15. The molecule has 168 valence electrons. The van der Waals surface area contributed by atoms with Gasteiger partial charge in [-0.15, -0.1) is 0 Å². The summed E-state index contributed by atoms with van der Waals surface area (Å²) in [7, 11) is -1.02. The number of anilines is 2. The van der Waals surface area contributed by atoms with Gasteiger partial charge in [-0.1, -0.05) is 29.8 Å². The Bertz CT molecular complexity index is 1210. The van der Waals surface area contributed by atoms with Crippen LogP contribution in [-0.2, 0) is 14.8 Å². The predicted molar refractivity (Wildman–Crippen MR) is 125 cm³/mol. The first kappa shape index (κ1) is 23.1. The Morgan fingerprint density at radius 2 is 1.59 bits per heavy atom. The van der Waals surface area contributed by atoms with Crippen LogP contribution >= 0.6 is 0 Å². The number of nitrogens with one attached hydrogen (secondary N) is 1. The number of ether oxygens (including phenoxy) is 2. The summed E-state index contributed by atoms with van der Waals surface area (Å²) in [5.41, 5.74) is 2.64. The van der Waals surface area contributed by atoms with Gasteiger partial charge >= 0.3 is 0 Å². The molecule has 0 unspecified atom stereocenters. The van der Waals surface area contributed by atoms with Crippen molar-refractivity contribution < 1.29 is 22.7 Å². The van der Waals surface area contributed by atoms with E-state index in [1.54, 1.807) is 48.5 Å². The molecule has 0 aliphatic rings. The minimum Gasteiger partial charge on any atom is -0.497 e. The van der Waals surface area contributed by atoms with Crippen LogP contribution in [0.1, 0.15) is 11.1 Å². The van der Waals surface area contributed by atoms with E-state index in [4.69, 9.17) is 9.47 Å². The molecule has 0 heterocycles. The summed E-state index contributed by atoms with van der Waals surface area (Å²) < 4.78 is 38.6. The highest BCUT2D eigenvalue weighted by atomic mass is 32.2. The van der Waals surface area contributed by atoms with Crippen molar-refractivity contribution in [2.24, 2.45) is 0 Å². The molecule has 0 bridgehead atoms. The van der Waals surface area contributed by atoms with Crippen molar-refractivity contribution in [2.45, 2.75) is 18.7 Å². The van der Waals surface area contributed by atoms with Crippen LogP contribution in [0.15, 0.2) is 71.6 Å². The van der Waals surface area contributed by atoms with Gasteiger partial charge in [0.25, 0.3) is 10.0 Å². The second-order valence-electron chi connectivity index (χ2n) is 7.28. The number of sulfonamides is 1. The molecular formula is C24H26N2O5S. The Hall–Kier alpha value is -3.52. The lowest BCUT2D eigenvalue weighted by atomic mass is 10.2. The van der Waals surface area contributed by atoms with Gasteiger partial charge in [0.15, 0.2) is 0 Å². The molecule has 0 spiro atoms. The van der Waals surface area contributed by atoms with Gasteiger partial charge in [0, 0.05) is 6.07 Å². The fraction of sp³-hybridized carbons (Fsp3) is 0.208. The van der Waals surface area contributed by atoms with Crippen LogP contribution < -0.4 is 19.1 Å². The number of amides is 1. The Morgan fingerprint density at radius 1 is 0.906 bits per heavy atom. The fourth-order valence-corrected chi connectivity index (χ4v) is 4.57. The highest BCUT2D eigenvalue weighted by Crippen LogP contribution is 2.28. The molecule has 1 N–H and O–H groups in total. The number of carbonyl (C=O) groups excluding carboxylic acids is 1. The van der Waals surface area contributed by atoms with E-state index in [2.05, 4.69) is 5.32 Å². The second kappa shape index (κ2) is 9.74. The van der Waals surface area contributed by atoms with Gasteiger partial charge in [-0.2, -0.15) is 0 Å². The Balaban J connectivity index is 1.98. The average Bonchev–Trinajstić information content (AvgIpc) is 2.78. The first-order valence-electron chi connectivity index (χ1n) is 9.92. The van der Waals surface area contributed by atoms with Gasteiger partial charge in [-0.3, -0.25) is 9.10 Å². The summed E-state index contributed by atoms with van der Waals surface area (Å²) in [4.78, 5) is 13.0. The molecule has 0 radical (unpaired) electrons. The first-order chi connectivity index (χ1) is 15.2. The molecular weight excluding hydrogens is 428 g/mol. The lowest BCUT2D eigenvalue weighted by Gasteiger charge is -2.24. The zero-order chi connectivity index (χ0) is 23.3. The number of rotatable bonds is 8. The topological polar surface area (TPSA) is 84.9 Å². The molecule has 0 saturated carbocycles. The number of benzene rings is 3. The molecule has 1 amide bonds. The van der Waals surface area contributed by atoms with Crippen LogP contribution in [0.3, 0.4) is 0 Å². The molecule has 0 atom stereocenters. The molecule has 0 aliphatic carbocycles. The van der Waals surface area contributed by atoms with Gasteiger partial charge in [0.1, 0.15) is 18.0 Å². The molecule has 32 heavy (non-hydrogen) atoms. The van der Waals surface area contributed by atoms with E-state index in [1.807, 2.05) is 19.9 Å². The second-order valence-corrected chi connectivity index (χ2v) is 9.14. The normalized spacial score (nSPS) is 11.0. The lowest BCUT2D eigenvalue weighted by Crippen LogP contribution is -2.38. The van der Waals surface area contributed by atoms with Gasteiger partial charge in [0.05, 0.1) is 30.5 Å². The molecule has 0 saturated heterocycles. The lowest BCUT2D eigenvalue weighted by molar-refractivity contribution is -0.114. The van der Waals surface area contributed by atoms with Crippen LogP contribution in [0.25, 0.3) is 0 Å². The Kier molecular flexibility index (Phi) is 7.05. The number of hydrogen-bond acceptors (Lipinski definition) is 5. The summed E-state index contributed by atoms with van der Waals surface area (Å²) >= 11 is 0. The van der Waals surface area contributed by atoms with Crippen LogP contribution in [0.5, 0.6) is 11.5 Å². The van der Waals surface area contributed by atoms with Crippen molar-refractivity contribution in [3.8, 4) is 11.5 Å². The van der Waals surface area contributed by atoms with Crippen LogP contribution in [0.4, 0.5) is 11.4 Å². The highest BCUT2D eigenvalue weighted by Gasteiger charge is 2.28. The van der Waals surface area contributed by atoms with Crippen LogP contribution in [0, 0.1) is 13.8 Å². The Labute approximate surface area is 188 Å². The molecule has 8 heteroatoms. The number of hydrogen-bond donors (Lipinski definition) is 1. The number of aryl methyl sites for hydroxylation is 2.